The maximum Gasteiger partial charge on any atom is 0.197 e. The number of halogens is 2. The zero-order valence-electron chi connectivity index (χ0n) is 13.4. The van der Waals surface area contributed by atoms with E-state index in [-0.39, 0.29) is 35.1 Å². The largest absolute Gasteiger partial charge is 0.357 e. The molecule has 2 heterocycles. The normalized spacial score (nSPS) is 20.0. The molecule has 1 aromatic carbocycles. The number of fused-ring (bicyclic) bond motifs is 2. The lowest BCUT2D eigenvalue weighted by Crippen LogP contribution is -2.25. The summed E-state index contributed by atoms with van der Waals surface area (Å²) in [4.78, 5) is 12.9. The highest BCUT2D eigenvalue weighted by Crippen LogP contribution is 2.35. The topological polar surface area (TPSA) is 44.1 Å². The molecule has 1 aromatic heterocycles. The van der Waals surface area contributed by atoms with Gasteiger partial charge in [0.2, 0.25) is 0 Å². The Kier molecular flexibility index (Phi) is 3.72. The van der Waals surface area contributed by atoms with E-state index in [0.29, 0.717) is 24.3 Å². The number of ketones is 1. The minimum absolute atomic E-state index is 0.173. The number of hydrogen-bond donors (Lipinski definition) is 0. The third kappa shape index (κ3) is 2.20. The van der Waals surface area contributed by atoms with Crippen LogP contribution in [0.25, 0.3) is 0 Å². The van der Waals surface area contributed by atoms with E-state index in [9.17, 15) is 13.6 Å². The Morgan fingerprint density at radius 1 is 1.33 bits per heavy atom. The van der Waals surface area contributed by atoms with Crippen LogP contribution >= 0.6 is 0 Å². The summed E-state index contributed by atoms with van der Waals surface area (Å²) in [6.07, 6.45) is 4.72. The lowest BCUT2D eigenvalue weighted by Gasteiger charge is -2.26. The van der Waals surface area contributed by atoms with Gasteiger partial charge in [-0.25, -0.2) is 13.5 Å². The number of rotatable bonds is 2. The fourth-order valence-electron chi connectivity index (χ4n) is 3.72. The van der Waals surface area contributed by atoms with Crippen LogP contribution in [0.3, 0.4) is 0 Å². The zero-order valence-corrected chi connectivity index (χ0v) is 13.4. The quantitative estimate of drug-likeness (QED) is 0.721. The van der Waals surface area contributed by atoms with Crippen LogP contribution in [0.4, 0.5) is 8.78 Å². The lowest BCUT2D eigenvalue weighted by atomic mass is 9.84. The van der Waals surface area contributed by atoms with Crippen LogP contribution in [0.5, 0.6) is 0 Å². The van der Waals surface area contributed by atoms with Gasteiger partial charge in [0.05, 0.1) is 17.5 Å². The molecule has 1 unspecified atom stereocenters. The first-order valence-electron chi connectivity index (χ1n) is 8.34. The van der Waals surface area contributed by atoms with E-state index in [1.807, 2.05) is 0 Å². The molecule has 126 valence electrons. The monoisotopic (exact) mass is 332 g/mol. The molecule has 1 aliphatic heterocycles. The summed E-state index contributed by atoms with van der Waals surface area (Å²) in [7, 11) is 0. The van der Waals surface area contributed by atoms with Gasteiger partial charge in [-0.2, -0.15) is 5.10 Å². The van der Waals surface area contributed by atoms with Gasteiger partial charge in [0, 0.05) is 30.2 Å². The highest BCUT2D eigenvalue weighted by Gasteiger charge is 2.34. The van der Waals surface area contributed by atoms with Crippen molar-refractivity contribution in [3.8, 4) is 0 Å². The zero-order chi connectivity index (χ0) is 16.8. The molecule has 1 fully saturated rings. The van der Waals surface area contributed by atoms with Crippen molar-refractivity contribution in [3.63, 3.8) is 0 Å². The van der Waals surface area contributed by atoms with Gasteiger partial charge < -0.3 is 4.74 Å². The Balaban J connectivity index is 1.83. The maximum atomic E-state index is 14.3. The average molecular weight is 332 g/mol. The second-order valence-corrected chi connectivity index (χ2v) is 6.30. The van der Waals surface area contributed by atoms with Gasteiger partial charge in [-0.15, -0.1) is 0 Å². The number of aromatic nitrogens is 2. The van der Waals surface area contributed by atoms with Gasteiger partial charge in [-0.3, -0.25) is 4.79 Å². The summed E-state index contributed by atoms with van der Waals surface area (Å²) in [5.74, 6) is -1.67. The number of ether oxygens (including phenoxy) is 1. The summed E-state index contributed by atoms with van der Waals surface area (Å²) < 4.78 is 35.8. The van der Waals surface area contributed by atoms with Crippen molar-refractivity contribution in [2.75, 3.05) is 6.61 Å². The van der Waals surface area contributed by atoms with Crippen LogP contribution in [0, 0.1) is 11.6 Å². The van der Waals surface area contributed by atoms with Crippen molar-refractivity contribution in [1.29, 1.82) is 0 Å². The average Bonchev–Trinajstić information content (AvgIpc) is 3.01. The fraction of sp³-hybridized carbons (Fsp3) is 0.444. The highest BCUT2D eigenvalue weighted by molar-refractivity contribution is 6.13. The smallest absolute Gasteiger partial charge is 0.197 e. The molecule has 2 aromatic rings. The Labute approximate surface area is 138 Å². The Morgan fingerprint density at radius 3 is 2.88 bits per heavy atom. The highest BCUT2D eigenvalue weighted by atomic mass is 19.1. The Hall–Kier alpha value is -2.08. The van der Waals surface area contributed by atoms with Crippen molar-refractivity contribution in [2.45, 2.75) is 45.3 Å². The number of nitrogens with zero attached hydrogens (tertiary/aromatic N) is 2. The first kappa shape index (κ1) is 15.4. The molecule has 0 N–H and O–H groups in total. The molecule has 0 amide bonds. The van der Waals surface area contributed by atoms with Gasteiger partial charge in [-0.05, 0) is 31.2 Å². The summed E-state index contributed by atoms with van der Waals surface area (Å²) in [5, 5.41) is 4.32. The van der Waals surface area contributed by atoms with Crippen LogP contribution in [-0.2, 0) is 17.6 Å². The second-order valence-electron chi connectivity index (χ2n) is 6.30. The molecule has 1 atom stereocenters. The molecule has 1 aliphatic carbocycles. The maximum absolute atomic E-state index is 14.3. The third-order valence-electron chi connectivity index (χ3n) is 4.93. The minimum Gasteiger partial charge on any atom is -0.357 e. The molecule has 24 heavy (non-hydrogen) atoms. The van der Waals surface area contributed by atoms with Crippen molar-refractivity contribution in [1.82, 2.24) is 9.78 Å². The van der Waals surface area contributed by atoms with Gasteiger partial charge in [0.1, 0.15) is 17.9 Å². The molecule has 1 saturated heterocycles. The third-order valence-corrected chi connectivity index (χ3v) is 4.93. The lowest BCUT2D eigenvalue weighted by molar-refractivity contribution is -0.0410. The summed E-state index contributed by atoms with van der Waals surface area (Å²) in [6.45, 7) is 2.42. The van der Waals surface area contributed by atoms with Gasteiger partial charge >= 0.3 is 0 Å². The molecule has 0 spiro atoms. The molecule has 6 heteroatoms. The Morgan fingerprint density at radius 2 is 2.17 bits per heavy atom. The number of carbonyl (C=O) groups excluding carboxylic acids is 1. The molecule has 0 bridgehead atoms. The van der Waals surface area contributed by atoms with E-state index >= 15 is 0 Å². The standard InChI is InChI=1S/C18H18F2N2O2/c1-2-10-13(19)8-14(20)11-7-15-12(18(23)17(10)11)9-21-22(15)16-5-3-4-6-24-16/h8-9,16H,2-7H2,1H3. The molecule has 0 radical (unpaired) electrons. The van der Waals surface area contributed by atoms with Crippen molar-refractivity contribution in [2.24, 2.45) is 0 Å². The van der Waals surface area contributed by atoms with Crippen molar-refractivity contribution < 1.29 is 18.3 Å². The van der Waals surface area contributed by atoms with E-state index in [1.165, 1.54) is 6.20 Å². The fourth-order valence-corrected chi connectivity index (χ4v) is 3.72. The van der Waals surface area contributed by atoms with E-state index in [0.717, 1.165) is 25.3 Å². The predicted octanol–water partition coefficient (Wildman–Crippen LogP) is 3.56. The van der Waals surface area contributed by atoms with Crippen molar-refractivity contribution in [3.05, 3.63) is 51.8 Å². The summed E-state index contributed by atoms with van der Waals surface area (Å²) >= 11 is 0. The minimum atomic E-state index is -0.670. The number of benzene rings is 1. The molecular formula is C18H18F2N2O2. The van der Waals surface area contributed by atoms with Gasteiger partial charge in [0.25, 0.3) is 0 Å². The first-order valence-corrected chi connectivity index (χ1v) is 8.34. The van der Waals surface area contributed by atoms with Gasteiger partial charge in [0.15, 0.2) is 5.78 Å². The van der Waals surface area contributed by atoms with E-state index in [2.05, 4.69) is 5.10 Å². The molecule has 2 aliphatic rings. The molecule has 4 nitrogen and oxygen atoms in total. The van der Waals surface area contributed by atoms with Crippen LogP contribution in [-0.4, -0.2) is 22.2 Å². The predicted molar refractivity (Wildman–Crippen MR) is 83.0 cm³/mol. The number of carbonyl (C=O) groups is 1. The van der Waals surface area contributed by atoms with Crippen LogP contribution in [0.1, 0.15) is 65.2 Å². The SMILES string of the molecule is CCc1c(F)cc(F)c2c1C(=O)c1cnn(C3CCCCO3)c1C2. The first-order chi connectivity index (χ1) is 11.6. The Bertz CT molecular complexity index is 823. The van der Waals surface area contributed by atoms with Crippen molar-refractivity contribution >= 4 is 5.78 Å². The van der Waals surface area contributed by atoms with E-state index in [4.69, 9.17) is 4.74 Å². The van der Waals surface area contributed by atoms with Crippen LogP contribution in [0.2, 0.25) is 0 Å². The van der Waals surface area contributed by atoms with E-state index < -0.39 is 11.6 Å². The summed E-state index contributed by atoms with van der Waals surface area (Å²) in [5.41, 5.74) is 1.81. The van der Waals surface area contributed by atoms with Crippen LogP contribution in [0.15, 0.2) is 12.3 Å². The molecular weight excluding hydrogens is 314 g/mol. The second kappa shape index (κ2) is 5.77. The number of hydrogen-bond acceptors (Lipinski definition) is 3. The molecule has 0 saturated carbocycles. The van der Waals surface area contributed by atoms with Crippen LogP contribution < -0.4 is 0 Å². The van der Waals surface area contributed by atoms with E-state index in [1.54, 1.807) is 11.6 Å². The van der Waals surface area contributed by atoms with Gasteiger partial charge in [-0.1, -0.05) is 6.92 Å². The molecule has 4 rings (SSSR count). The summed E-state index contributed by atoms with van der Waals surface area (Å²) in [6, 6.07) is 0.883.